The second-order valence-electron chi connectivity index (χ2n) is 9.58. The highest BCUT2D eigenvalue weighted by Crippen LogP contribution is 2.20. The van der Waals surface area contributed by atoms with Crippen LogP contribution in [0.5, 0.6) is 11.5 Å². The largest absolute Gasteiger partial charge is 0.494 e. The average Bonchev–Trinajstić information content (AvgIpc) is 2.85. The number of benzene rings is 3. The van der Waals surface area contributed by atoms with Gasteiger partial charge < -0.3 is 13.9 Å². The number of hydrogen-bond acceptors (Lipinski definition) is 4. The van der Waals surface area contributed by atoms with Gasteiger partial charge in [0.05, 0.1) is 6.10 Å². The quantitative estimate of drug-likeness (QED) is 0.184. The van der Waals surface area contributed by atoms with E-state index in [9.17, 15) is 4.79 Å². The fraction of sp³-hybridized carbons (Fsp3) is 0.472. The molecule has 0 aliphatic heterocycles. The van der Waals surface area contributed by atoms with E-state index in [2.05, 4.69) is 59.0 Å². The van der Waals surface area contributed by atoms with Gasteiger partial charge in [-0.1, -0.05) is 99.0 Å². The Balaban J connectivity index is -0.000000201. The number of carbonyl (C=O) groups is 1. The Morgan fingerprint density at radius 2 is 1.22 bits per heavy atom. The standard InChI is InChI=1S/C18H22O3Si.C12H18O.6CH4/c1-14-5-7-15(8-6-14)18(19)16-9-11-17(12-10-16)21-13-22(3,4)20-2;1-5-11(4)13-12-7-6-9(2)8-10(12)3;;;;;;/h5-12H,13H2,1-4H3;6-8,11H,5H2,1-4H3;6*1H4. The van der Waals surface area contributed by atoms with E-state index in [1.165, 1.54) is 11.1 Å². The van der Waals surface area contributed by atoms with E-state index < -0.39 is 8.32 Å². The van der Waals surface area contributed by atoms with Gasteiger partial charge in [0.15, 0.2) is 5.78 Å². The summed E-state index contributed by atoms with van der Waals surface area (Å²) in [5, 5.41) is 0. The molecule has 3 aromatic carbocycles. The Morgan fingerprint density at radius 3 is 1.66 bits per heavy atom. The lowest BCUT2D eigenvalue weighted by Gasteiger charge is -2.20. The first-order chi connectivity index (χ1) is 16.5. The molecule has 0 N–H and O–H groups in total. The molecular weight excluding hydrogens is 524 g/mol. The van der Waals surface area contributed by atoms with Gasteiger partial charge in [-0.15, -0.1) is 0 Å². The van der Waals surface area contributed by atoms with Gasteiger partial charge in [0.1, 0.15) is 17.7 Å². The van der Waals surface area contributed by atoms with Crippen molar-refractivity contribution in [2.24, 2.45) is 0 Å². The Bertz CT molecular complexity index is 1070. The molecule has 3 aromatic rings. The summed E-state index contributed by atoms with van der Waals surface area (Å²) in [7, 11) is -0.0215. The molecule has 0 aliphatic rings. The Kier molecular flexibility index (Phi) is 26.6. The van der Waals surface area contributed by atoms with E-state index in [0.29, 0.717) is 23.5 Å². The molecule has 0 spiro atoms. The van der Waals surface area contributed by atoms with Crippen molar-refractivity contribution in [3.8, 4) is 11.5 Å². The van der Waals surface area contributed by atoms with Crippen molar-refractivity contribution in [1.29, 1.82) is 0 Å². The molecule has 0 radical (unpaired) electrons. The van der Waals surface area contributed by atoms with Crippen molar-refractivity contribution in [1.82, 2.24) is 0 Å². The SMILES string of the molecule is C.C.C.C.C.C.CCC(C)Oc1ccc(C)cc1C.CO[Si](C)(C)COc1ccc(C(=O)c2ccc(C)cc2)cc1. The van der Waals surface area contributed by atoms with Gasteiger partial charge in [0.2, 0.25) is 8.32 Å². The Hall–Kier alpha value is -2.89. The van der Waals surface area contributed by atoms with Crippen LogP contribution in [0, 0.1) is 20.8 Å². The third kappa shape index (κ3) is 16.2. The monoisotopic (exact) mass is 588 g/mol. The fourth-order valence-electron chi connectivity index (χ4n) is 3.12. The molecular formula is C36H64O4Si. The summed E-state index contributed by atoms with van der Waals surface area (Å²) in [5.74, 6) is 1.80. The number of ketones is 1. The summed E-state index contributed by atoms with van der Waals surface area (Å²) in [6, 6.07) is 21.2. The highest BCUT2D eigenvalue weighted by Gasteiger charge is 2.21. The van der Waals surface area contributed by atoms with Gasteiger partial charge in [0, 0.05) is 18.2 Å². The minimum Gasteiger partial charge on any atom is -0.494 e. The van der Waals surface area contributed by atoms with Crippen LogP contribution in [-0.4, -0.2) is 33.5 Å². The van der Waals surface area contributed by atoms with Crippen LogP contribution in [0.15, 0.2) is 66.7 Å². The van der Waals surface area contributed by atoms with Crippen LogP contribution in [0.1, 0.15) is 97.4 Å². The number of aryl methyl sites for hydroxylation is 3. The van der Waals surface area contributed by atoms with E-state index in [1.807, 2.05) is 43.3 Å². The lowest BCUT2D eigenvalue weighted by Crippen LogP contribution is -2.37. The summed E-state index contributed by atoms with van der Waals surface area (Å²) < 4.78 is 16.9. The van der Waals surface area contributed by atoms with Crippen molar-refractivity contribution in [3.63, 3.8) is 0 Å². The summed E-state index contributed by atoms with van der Waals surface area (Å²) in [4.78, 5) is 12.4. The summed E-state index contributed by atoms with van der Waals surface area (Å²) in [6.07, 6.45) is 1.95. The van der Waals surface area contributed by atoms with E-state index in [1.54, 1.807) is 19.2 Å². The molecule has 0 bridgehead atoms. The lowest BCUT2D eigenvalue weighted by atomic mass is 10.0. The van der Waals surface area contributed by atoms with Gasteiger partial charge in [-0.3, -0.25) is 4.79 Å². The van der Waals surface area contributed by atoms with Gasteiger partial charge in [0.25, 0.3) is 0 Å². The Morgan fingerprint density at radius 1 is 0.756 bits per heavy atom. The van der Waals surface area contributed by atoms with Crippen molar-refractivity contribution in [3.05, 3.63) is 94.5 Å². The molecule has 1 atom stereocenters. The third-order valence-electron chi connectivity index (χ3n) is 5.80. The molecule has 0 aromatic heterocycles. The second-order valence-corrected chi connectivity index (χ2v) is 13.8. The van der Waals surface area contributed by atoms with Crippen molar-refractivity contribution in [2.45, 2.75) is 105 Å². The zero-order chi connectivity index (χ0) is 26.0. The molecule has 0 amide bonds. The maximum absolute atomic E-state index is 12.4. The maximum atomic E-state index is 12.4. The van der Waals surface area contributed by atoms with Crippen molar-refractivity contribution in [2.75, 3.05) is 13.3 Å². The zero-order valence-corrected chi connectivity index (χ0v) is 23.5. The van der Waals surface area contributed by atoms with Crippen LogP contribution in [0.25, 0.3) is 0 Å². The normalized spacial score (nSPS) is 10.0. The minimum atomic E-state index is -1.74. The average molecular weight is 589 g/mol. The van der Waals surface area contributed by atoms with Crippen LogP contribution >= 0.6 is 0 Å². The molecule has 5 heteroatoms. The van der Waals surface area contributed by atoms with E-state index in [4.69, 9.17) is 13.9 Å². The number of hydrogen-bond donors (Lipinski definition) is 0. The number of carbonyl (C=O) groups excluding carboxylic acids is 1. The summed E-state index contributed by atoms with van der Waals surface area (Å²) >= 11 is 0. The van der Waals surface area contributed by atoms with Crippen LogP contribution in [0.3, 0.4) is 0 Å². The first-order valence-electron chi connectivity index (χ1n) is 12.2. The Labute approximate surface area is 256 Å². The van der Waals surface area contributed by atoms with Gasteiger partial charge in [-0.05, 0) is 83.1 Å². The highest BCUT2D eigenvalue weighted by molar-refractivity contribution is 6.71. The third-order valence-corrected chi connectivity index (χ3v) is 7.75. The van der Waals surface area contributed by atoms with E-state index in [-0.39, 0.29) is 50.3 Å². The molecule has 41 heavy (non-hydrogen) atoms. The van der Waals surface area contributed by atoms with E-state index >= 15 is 0 Å². The van der Waals surface area contributed by atoms with Crippen LogP contribution in [0.2, 0.25) is 13.1 Å². The number of ether oxygens (including phenoxy) is 2. The van der Waals surface area contributed by atoms with Crippen molar-refractivity contribution >= 4 is 14.1 Å². The first kappa shape index (κ1) is 47.9. The maximum Gasteiger partial charge on any atom is 0.224 e. The lowest BCUT2D eigenvalue weighted by molar-refractivity contribution is 0.103. The topological polar surface area (TPSA) is 44.8 Å². The van der Waals surface area contributed by atoms with Gasteiger partial charge in [-0.2, -0.15) is 0 Å². The second kappa shape index (κ2) is 22.8. The minimum absolute atomic E-state index is 0. The molecule has 0 saturated heterocycles. The van der Waals surface area contributed by atoms with Crippen molar-refractivity contribution < 1.29 is 18.7 Å². The fourth-order valence-corrected chi connectivity index (χ4v) is 3.75. The first-order valence-corrected chi connectivity index (χ1v) is 15.3. The highest BCUT2D eigenvalue weighted by atomic mass is 28.4. The summed E-state index contributed by atoms with van der Waals surface area (Å²) in [5.41, 5.74) is 5.02. The predicted molar refractivity (Wildman–Crippen MR) is 188 cm³/mol. The van der Waals surface area contributed by atoms with Crippen LogP contribution < -0.4 is 9.47 Å². The van der Waals surface area contributed by atoms with E-state index in [0.717, 1.165) is 23.5 Å². The molecule has 3 rings (SSSR count). The smallest absolute Gasteiger partial charge is 0.224 e. The van der Waals surface area contributed by atoms with Crippen LogP contribution in [0.4, 0.5) is 0 Å². The molecule has 0 heterocycles. The molecule has 0 fully saturated rings. The molecule has 236 valence electrons. The van der Waals surface area contributed by atoms with Gasteiger partial charge in [-0.25, -0.2) is 0 Å². The van der Waals surface area contributed by atoms with Crippen LogP contribution in [-0.2, 0) is 4.43 Å². The molecule has 4 nitrogen and oxygen atoms in total. The molecule has 0 aliphatic carbocycles. The summed E-state index contributed by atoms with van der Waals surface area (Å²) in [6.45, 7) is 14.6. The molecule has 1 unspecified atom stereocenters. The predicted octanol–water partition coefficient (Wildman–Crippen LogP) is 11.3. The van der Waals surface area contributed by atoms with Gasteiger partial charge >= 0.3 is 0 Å². The zero-order valence-electron chi connectivity index (χ0n) is 22.5. The number of rotatable bonds is 9. The molecule has 0 saturated carbocycles.